The number of hydrogen-bond donors (Lipinski definition) is 1. The maximum Gasteiger partial charge on any atom is 0.336 e. The normalized spacial score (nSPS) is 19.7. The van der Waals surface area contributed by atoms with Gasteiger partial charge in [0.2, 0.25) is 0 Å². The number of Topliss-reactive ketones (excluding diaryl/α,β-unsaturated/α-hetero) is 1. The van der Waals surface area contributed by atoms with Crippen molar-refractivity contribution in [3.05, 3.63) is 82.2 Å². The summed E-state index contributed by atoms with van der Waals surface area (Å²) in [6, 6.07) is 15.3. The highest BCUT2D eigenvalue weighted by Gasteiger charge is 2.41. The van der Waals surface area contributed by atoms with Crippen molar-refractivity contribution in [1.29, 1.82) is 0 Å². The minimum absolute atomic E-state index is 0.0158. The van der Waals surface area contributed by atoms with E-state index in [1.165, 1.54) is 0 Å². The van der Waals surface area contributed by atoms with Crippen LogP contribution in [0.4, 0.5) is 0 Å². The zero-order chi connectivity index (χ0) is 24.9. The quantitative estimate of drug-likeness (QED) is 0.449. The molecule has 0 radical (unpaired) electrons. The lowest BCUT2D eigenvalue weighted by Gasteiger charge is -2.36. The van der Waals surface area contributed by atoms with Gasteiger partial charge in [-0.05, 0) is 54.7 Å². The summed E-state index contributed by atoms with van der Waals surface area (Å²) in [5.41, 5.74) is 4.48. The minimum Gasteiger partial charge on any atom is -0.497 e. The summed E-state index contributed by atoms with van der Waals surface area (Å²) in [4.78, 5) is 26.9. The summed E-state index contributed by atoms with van der Waals surface area (Å²) in [7, 11) is 4.78. The highest BCUT2D eigenvalue weighted by atomic mass is 16.6. The molecule has 2 atom stereocenters. The molecule has 1 heterocycles. The first-order valence-electron chi connectivity index (χ1n) is 11.6. The largest absolute Gasteiger partial charge is 0.497 e. The summed E-state index contributed by atoms with van der Waals surface area (Å²) < 4.78 is 21.2. The lowest BCUT2D eigenvalue weighted by Crippen LogP contribution is -2.36. The van der Waals surface area contributed by atoms with Crippen molar-refractivity contribution in [2.75, 3.05) is 34.5 Å². The SMILES string of the molecule is COCCOC(=O)C1=C(C)NC2=C(C(=O)C[C@H](c3ccc(OC)cc3)C2)[C@H]1c1cccc(OC)c1. The monoisotopic (exact) mass is 477 g/mol. The number of benzene rings is 2. The molecule has 0 saturated carbocycles. The fourth-order valence-electron chi connectivity index (χ4n) is 4.87. The van der Waals surface area contributed by atoms with Gasteiger partial charge in [0.25, 0.3) is 0 Å². The molecule has 0 spiro atoms. The maximum atomic E-state index is 13.7. The molecule has 0 amide bonds. The first-order chi connectivity index (χ1) is 17.0. The highest BCUT2D eigenvalue weighted by Crippen LogP contribution is 2.46. The summed E-state index contributed by atoms with van der Waals surface area (Å²) in [5, 5.41) is 3.37. The molecule has 1 aliphatic heterocycles. The molecule has 7 heteroatoms. The number of allylic oxidation sites excluding steroid dienone is 3. The Morgan fingerprint density at radius 2 is 1.69 bits per heavy atom. The van der Waals surface area contributed by atoms with Crippen LogP contribution >= 0.6 is 0 Å². The van der Waals surface area contributed by atoms with Crippen molar-refractivity contribution in [3.63, 3.8) is 0 Å². The second-order valence-electron chi connectivity index (χ2n) is 8.70. The fourth-order valence-corrected chi connectivity index (χ4v) is 4.87. The summed E-state index contributed by atoms with van der Waals surface area (Å²) in [6.07, 6.45) is 1.02. The van der Waals surface area contributed by atoms with Gasteiger partial charge in [-0.25, -0.2) is 4.79 Å². The fraction of sp³-hybridized carbons (Fsp3) is 0.357. The van der Waals surface area contributed by atoms with Crippen molar-refractivity contribution < 1.29 is 28.5 Å². The van der Waals surface area contributed by atoms with E-state index in [2.05, 4.69) is 5.32 Å². The molecular weight excluding hydrogens is 446 g/mol. The van der Waals surface area contributed by atoms with Crippen LogP contribution in [0.3, 0.4) is 0 Å². The third kappa shape index (κ3) is 5.10. The number of methoxy groups -OCH3 is 3. The molecule has 1 N–H and O–H groups in total. The molecule has 184 valence electrons. The second-order valence-corrected chi connectivity index (χ2v) is 8.70. The molecular formula is C28H31NO6. The standard InChI is InChI=1S/C28H31NO6/c1-17-25(28(31)35-13-12-32-2)26(19-6-5-7-22(14-19)34-4)27-23(29-17)15-20(16-24(27)30)18-8-10-21(33-3)11-9-18/h5-11,14,20,26,29H,12-13,15-16H2,1-4H3/t20-,26+/m1/s1. The van der Waals surface area contributed by atoms with E-state index in [0.717, 1.165) is 22.6 Å². The van der Waals surface area contributed by atoms with Crippen LogP contribution in [0.15, 0.2) is 71.1 Å². The Kier molecular flexibility index (Phi) is 7.56. The third-order valence-electron chi connectivity index (χ3n) is 6.58. The molecule has 1 aliphatic carbocycles. The van der Waals surface area contributed by atoms with E-state index < -0.39 is 11.9 Å². The zero-order valence-corrected chi connectivity index (χ0v) is 20.6. The molecule has 0 unspecified atom stereocenters. The Hall–Kier alpha value is -3.58. The number of dihydropyridines is 1. The van der Waals surface area contributed by atoms with Gasteiger partial charge >= 0.3 is 5.97 Å². The van der Waals surface area contributed by atoms with Crippen LogP contribution in [0.1, 0.15) is 42.7 Å². The van der Waals surface area contributed by atoms with Crippen molar-refractivity contribution in [1.82, 2.24) is 5.32 Å². The molecule has 0 bridgehead atoms. The smallest absolute Gasteiger partial charge is 0.336 e. The number of hydrogen-bond acceptors (Lipinski definition) is 7. The molecule has 0 saturated heterocycles. The van der Waals surface area contributed by atoms with E-state index in [4.69, 9.17) is 18.9 Å². The number of ether oxygens (including phenoxy) is 4. The zero-order valence-electron chi connectivity index (χ0n) is 20.6. The predicted octanol–water partition coefficient (Wildman–Crippen LogP) is 4.26. The van der Waals surface area contributed by atoms with Crippen LogP contribution in [0.2, 0.25) is 0 Å². The van der Waals surface area contributed by atoms with Crippen LogP contribution < -0.4 is 14.8 Å². The van der Waals surface area contributed by atoms with E-state index in [1.54, 1.807) is 21.3 Å². The number of ketones is 1. The van der Waals surface area contributed by atoms with Gasteiger partial charge < -0.3 is 24.3 Å². The number of carbonyl (C=O) groups is 2. The maximum absolute atomic E-state index is 13.7. The van der Waals surface area contributed by atoms with E-state index in [1.807, 2.05) is 55.5 Å². The van der Waals surface area contributed by atoms with Crippen LogP contribution in [-0.2, 0) is 19.1 Å². The third-order valence-corrected chi connectivity index (χ3v) is 6.58. The molecule has 35 heavy (non-hydrogen) atoms. The van der Waals surface area contributed by atoms with Gasteiger partial charge in [-0.15, -0.1) is 0 Å². The van der Waals surface area contributed by atoms with Crippen molar-refractivity contribution in [2.24, 2.45) is 0 Å². The first-order valence-corrected chi connectivity index (χ1v) is 11.6. The Morgan fingerprint density at radius 3 is 2.37 bits per heavy atom. The van der Waals surface area contributed by atoms with Crippen LogP contribution in [-0.4, -0.2) is 46.3 Å². The molecule has 2 aliphatic rings. The van der Waals surface area contributed by atoms with E-state index >= 15 is 0 Å². The van der Waals surface area contributed by atoms with Crippen molar-refractivity contribution >= 4 is 11.8 Å². The van der Waals surface area contributed by atoms with Crippen molar-refractivity contribution in [3.8, 4) is 11.5 Å². The predicted molar refractivity (Wildman–Crippen MR) is 131 cm³/mol. The Balaban J connectivity index is 1.74. The molecule has 0 fully saturated rings. The summed E-state index contributed by atoms with van der Waals surface area (Å²) >= 11 is 0. The Labute approximate surface area is 205 Å². The molecule has 7 nitrogen and oxygen atoms in total. The van der Waals surface area contributed by atoms with Gasteiger partial charge in [0.1, 0.15) is 18.1 Å². The van der Waals surface area contributed by atoms with Crippen LogP contribution in [0, 0.1) is 0 Å². The van der Waals surface area contributed by atoms with Gasteiger partial charge in [0.15, 0.2) is 5.78 Å². The van der Waals surface area contributed by atoms with E-state index in [-0.39, 0.29) is 18.3 Å². The Morgan fingerprint density at radius 1 is 0.943 bits per heavy atom. The summed E-state index contributed by atoms with van der Waals surface area (Å²) in [5.74, 6) is 0.486. The Bertz CT molecular complexity index is 1160. The van der Waals surface area contributed by atoms with Gasteiger partial charge in [0, 0.05) is 36.4 Å². The van der Waals surface area contributed by atoms with Gasteiger partial charge in [-0.3, -0.25) is 4.79 Å². The average molecular weight is 478 g/mol. The minimum atomic E-state index is -0.541. The number of nitrogens with one attached hydrogen (secondary N) is 1. The first kappa shape index (κ1) is 24.5. The van der Waals surface area contributed by atoms with Gasteiger partial charge in [0.05, 0.1) is 26.4 Å². The molecule has 2 aromatic carbocycles. The average Bonchev–Trinajstić information content (AvgIpc) is 2.87. The lowest BCUT2D eigenvalue weighted by molar-refractivity contribution is -0.140. The molecule has 0 aromatic heterocycles. The number of esters is 1. The summed E-state index contributed by atoms with van der Waals surface area (Å²) in [6.45, 7) is 2.29. The number of carbonyl (C=O) groups excluding carboxylic acids is 2. The van der Waals surface area contributed by atoms with Gasteiger partial charge in [-0.2, -0.15) is 0 Å². The van der Waals surface area contributed by atoms with Crippen LogP contribution in [0.25, 0.3) is 0 Å². The lowest BCUT2D eigenvalue weighted by atomic mass is 9.71. The van der Waals surface area contributed by atoms with E-state index in [0.29, 0.717) is 42.0 Å². The van der Waals surface area contributed by atoms with Gasteiger partial charge in [-0.1, -0.05) is 24.3 Å². The van der Waals surface area contributed by atoms with Crippen LogP contribution in [0.5, 0.6) is 11.5 Å². The van der Waals surface area contributed by atoms with E-state index in [9.17, 15) is 9.59 Å². The second kappa shape index (κ2) is 10.8. The number of rotatable bonds is 8. The van der Waals surface area contributed by atoms with Crippen molar-refractivity contribution in [2.45, 2.75) is 31.6 Å². The molecule has 2 aromatic rings. The topological polar surface area (TPSA) is 83.1 Å². The molecule has 4 rings (SSSR count). The highest BCUT2D eigenvalue weighted by molar-refractivity contribution is 6.04.